The third-order valence-electron chi connectivity index (χ3n) is 2.54. The normalized spacial score (nSPS) is 16.3. The molecule has 1 aromatic rings. The molecule has 1 aliphatic rings. The number of nitrogens with zero attached hydrogens (tertiary/aromatic N) is 2. The lowest BCUT2D eigenvalue weighted by Gasteiger charge is -2.29. The predicted molar refractivity (Wildman–Crippen MR) is 84.4 cm³/mol. The van der Waals surface area contributed by atoms with Gasteiger partial charge in [0.2, 0.25) is 0 Å². The van der Waals surface area contributed by atoms with Gasteiger partial charge in [-0.05, 0) is 17.9 Å². The van der Waals surface area contributed by atoms with Crippen molar-refractivity contribution in [3.63, 3.8) is 0 Å². The summed E-state index contributed by atoms with van der Waals surface area (Å²) < 4.78 is 5.37. The van der Waals surface area contributed by atoms with Gasteiger partial charge in [0.15, 0.2) is 5.17 Å². The molecule has 3 nitrogen and oxygen atoms in total. The van der Waals surface area contributed by atoms with Crippen molar-refractivity contribution in [3.8, 4) is 0 Å². The van der Waals surface area contributed by atoms with Crippen LogP contribution in [0.5, 0.6) is 0 Å². The van der Waals surface area contributed by atoms with E-state index < -0.39 is 0 Å². The lowest BCUT2D eigenvalue weighted by atomic mass is 10.3. The highest BCUT2D eigenvalue weighted by Gasteiger charge is 2.14. The van der Waals surface area contributed by atoms with E-state index in [4.69, 9.17) is 9.73 Å². The highest BCUT2D eigenvalue weighted by Crippen LogP contribution is 2.18. The van der Waals surface area contributed by atoms with Crippen LogP contribution in [0.15, 0.2) is 35.3 Å². The molecule has 1 saturated heterocycles. The van der Waals surface area contributed by atoms with Crippen molar-refractivity contribution in [1.29, 1.82) is 0 Å². The van der Waals surface area contributed by atoms with Gasteiger partial charge in [0.05, 0.1) is 18.9 Å². The van der Waals surface area contributed by atoms with Crippen molar-refractivity contribution >= 4 is 39.6 Å². The Bertz CT molecular complexity index is 367. The summed E-state index contributed by atoms with van der Waals surface area (Å²) in [7, 11) is 0. The van der Waals surface area contributed by atoms with Crippen molar-refractivity contribution in [2.45, 2.75) is 6.92 Å². The Kier molecular flexibility index (Phi) is 7.39. The molecule has 0 aliphatic carbocycles. The van der Waals surface area contributed by atoms with Gasteiger partial charge in [0.25, 0.3) is 0 Å². The van der Waals surface area contributed by atoms with Gasteiger partial charge < -0.3 is 9.64 Å². The predicted octanol–water partition coefficient (Wildman–Crippen LogP) is 3.34. The van der Waals surface area contributed by atoms with Crippen molar-refractivity contribution in [2.24, 2.45) is 4.99 Å². The zero-order valence-corrected chi connectivity index (χ0v) is 13.1. The standard InChI is InChI=1S/C13H18N2OS.BrH/c1-2-17-13(15-8-10-16-11-9-15)14-12-6-4-3-5-7-12;/h3-7H,2,8-11H2,1H3;1H. The summed E-state index contributed by atoms with van der Waals surface area (Å²) >= 11 is 1.80. The minimum atomic E-state index is 0. The van der Waals surface area contributed by atoms with Crippen molar-refractivity contribution < 1.29 is 4.74 Å². The molecule has 0 aromatic heterocycles. The van der Waals surface area contributed by atoms with Gasteiger partial charge in [-0.15, -0.1) is 17.0 Å². The van der Waals surface area contributed by atoms with Crippen LogP contribution in [0.1, 0.15) is 6.92 Å². The molecule has 2 rings (SSSR count). The van der Waals surface area contributed by atoms with E-state index in [-0.39, 0.29) is 17.0 Å². The van der Waals surface area contributed by atoms with E-state index >= 15 is 0 Å². The number of morpholine rings is 1. The second-order valence-electron chi connectivity index (χ2n) is 3.76. The van der Waals surface area contributed by atoms with Crippen molar-refractivity contribution in [1.82, 2.24) is 4.90 Å². The summed E-state index contributed by atoms with van der Waals surface area (Å²) in [6.45, 7) is 5.65. The monoisotopic (exact) mass is 330 g/mol. The molecule has 0 unspecified atom stereocenters. The van der Waals surface area contributed by atoms with Crippen LogP contribution in [0.2, 0.25) is 0 Å². The van der Waals surface area contributed by atoms with Crippen LogP contribution < -0.4 is 0 Å². The van der Waals surface area contributed by atoms with E-state index in [1.165, 1.54) is 0 Å². The average Bonchev–Trinajstić information content (AvgIpc) is 2.40. The van der Waals surface area contributed by atoms with E-state index in [0.717, 1.165) is 42.9 Å². The van der Waals surface area contributed by atoms with Gasteiger partial charge >= 0.3 is 0 Å². The number of amidine groups is 1. The first-order valence-corrected chi connectivity index (χ1v) is 6.98. The number of ether oxygens (including phenoxy) is 1. The molecule has 1 fully saturated rings. The second-order valence-corrected chi connectivity index (χ2v) is 4.99. The van der Waals surface area contributed by atoms with Crippen LogP contribution in [-0.4, -0.2) is 42.1 Å². The molecule has 1 aromatic carbocycles. The Morgan fingerprint density at radius 2 is 1.94 bits per heavy atom. The maximum atomic E-state index is 5.37. The number of thioether (sulfide) groups is 1. The van der Waals surface area contributed by atoms with Gasteiger partial charge in [-0.2, -0.15) is 0 Å². The minimum absolute atomic E-state index is 0. The molecule has 0 bridgehead atoms. The maximum absolute atomic E-state index is 5.37. The number of benzene rings is 1. The number of rotatable bonds is 2. The number of hydrogen-bond donors (Lipinski definition) is 0. The topological polar surface area (TPSA) is 24.8 Å². The highest BCUT2D eigenvalue weighted by molar-refractivity contribution is 8.93. The van der Waals surface area contributed by atoms with Crippen LogP contribution in [0.3, 0.4) is 0 Å². The van der Waals surface area contributed by atoms with Gasteiger partial charge in [-0.1, -0.05) is 36.9 Å². The van der Waals surface area contributed by atoms with Gasteiger partial charge in [0.1, 0.15) is 0 Å². The molecular weight excluding hydrogens is 312 g/mol. The van der Waals surface area contributed by atoms with Crippen LogP contribution in [0.4, 0.5) is 5.69 Å². The average molecular weight is 331 g/mol. The van der Waals surface area contributed by atoms with E-state index in [2.05, 4.69) is 11.8 Å². The van der Waals surface area contributed by atoms with Gasteiger partial charge in [-0.3, -0.25) is 0 Å². The first-order chi connectivity index (χ1) is 8.40. The van der Waals surface area contributed by atoms with Crippen LogP contribution in [0, 0.1) is 0 Å². The van der Waals surface area contributed by atoms with E-state index in [0.29, 0.717) is 0 Å². The first-order valence-electron chi connectivity index (χ1n) is 5.99. The molecule has 5 heteroatoms. The SMILES string of the molecule is Br.CCSC(=Nc1ccccc1)N1CCOCC1. The number of para-hydroxylation sites is 1. The molecule has 100 valence electrons. The van der Waals surface area contributed by atoms with E-state index in [9.17, 15) is 0 Å². The molecule has 1 aliphatic heterocycles. The van der Waals surface area contributed by atoms with Gasteiger partial charge in [0, 0.05) is 13.1 Å². The van der Waals surface area contributed by atoms with Crippen LogP contribution >= 0.6 is 28.7 Å². The Morgan fingerprint density at radius 3 is 2.56 bits per heavy atom. The molecule has 0 amide bonds. The molecule has 0 atom stereocenters. The smallest absolute Gasteiger partial charge is 0.164 e. The third-order valence-corrected chi connectivity index (χ3v) is 3.43. The summed E-state index contributed by atoms with van der Waals surface area (Å²) in [5, 5.41) is 1.11. The van der Waals surface area contributed by atoms with Crippen molar-refractivity contribution in [2.75, 3.05) is 32.1 Å². The lowest BCUT2D eigenvalue weighted by molar-refractivity contribution is 0.0694. The molecule has 0 radical (unpaired) electrons. The fraction of sp³-hybridized carbons (Fsp3) is 0.462. The fourth-order valence-corrected chi connectivity index (χ4v) is 2.48. The molecule has 0 N–H and O–H groups in total. The summed E-state index contributed by atoms with van der Waals surface area (Å²) in [6, 6.07) is 10.1. The Balaban J connectivity index is 0.00000162. The first kappa shape index (κ1) is 15.5. The lowest BCUT2D eigenvalue weighted by Crippen LogP contribution is -2.39. The molecule has 0 saturated carbocycles. The number of halogens is 1. The highest BCUT2D eigenvalue weighted by atomic mass is 79.9. The maximum Gasteiger partial charge on any atom is 0.164 e. The third kappa shape index (κ3) is 4.63. The molecule has 1 heterocycles. The number of aliphatic imine (C=N–C) groups is 1. The minimum Gasteiger partial charge on any atom is -0.378 e. The Labute approximate surface area is 123 Å². The Hall–Kier alpha value is -0.520. The van der Waals surface area contributed by atoms with Crippen LogP contribution in [-0.2, 0) is 4.74 Å². The summed E-state index contributed by atoms with van der Waals surface area (Å²) in [5.74, 6) is 1.04. The number of hydrogen-bond acceptors (Lipinski definition) is 3. The molecule has 0 spiro atoms. The zero-order chi connectivity index (χ0) is 11.9. The molecular formula is C13H19BrN2OS. The molecule has 18 heavy (non-hydrogen) atoms. The zero-order valence-electron chi connectivity index (χ0n) is 10.5. The van der Waals surface area contributed by atoms with Crippen LogP contribution in [0.25, 0.3) is 0 Å². The Morgan fingerprint density at radius 1 is 1.28 bits per heavy atom. The largest absolute Gasteiger partial charge is 0.378 e. The van der Waals surface area contributed by atoms with Crippen molar-refractivity contribution in [3.05, 3.63) is 30.3 Å². The van der Waals surface area contributed by atoms with Gasteiger partial charge in [-0.25, -0.2) is 4.99 Å². The summed E-state index contributed by atoms with van der Waals surface area (Å²) in [5.41, 5.74) is 1.02. The summed E-state index contributed by atoms with van der Waals surface area (Å²) in [4.78, 5) is 7.03. The quantitative estimate of drug-likeness (QED) is 0.614. The fourth-order valence-electron chi connectivity index (χ4n) is 1.69. The van der Waals surface area contributed by atoms with E-state index in [1.807, 2.05) is 30.3 Å². The second kappa shape index (κ2) is 8.56. The van der Waals surface area contributed by atoms with E-state index in [1.54, 1.807) is 11.8 Å². The summed E-state index contributed by atoms with van der Waals surface area (Å²) in [6.07, 6.45) is 0.